The molecule has 4 nitrogen and oxygen atoms in total. The van der Waals surface area contributed by atoms with Crippen LogP contribution in [0.5, 0.6) is 0 Å². The zero-order chi connectivity index (χ0) is 15.4. The van der Waals surface area contributed by atoms with Crippen molar-refractivity contribution >= 4 is 17.5 Å². The SMILES string of the molecule is O=C(NCc1cncc(-c2ccco2)c1)c1ccccc1Cl. The van der Waals surface area contributed by atoms with Crippen molar-refractivity contribution in [3.8, 4) is 11.3 Å². The Kier molecular flexibility index (Phi) is 4.21. The van der Waals surface area contributed by atoms with Gasteiger partial charge in [-0.05, 0) is 35.9 Å². The maximum absolute atomic E-state index is 12.1. The van der Waals surface area contributed by atoms with E-state index in [1.54, 1.807) is 42.9 Å². The van der Waals surface area contributed by atoms with E-state index in [4.69, 9.17) is 16.0 Å². The lowest BCUT2D eigenvalue weighted by molar-refractivity contribution is 0.0951. The van der Waals surface area contributed by atoms with Crippen molar-refractivity contribution in [3.63, 3.8) is 0 Å². The van der Waals surface area contributed by atoms with Gasteiger partial charge in [-0.2, -0.15) is 0 Å². The molecule has 3 aromatic rings. The first-order valence-electron chi connectivity index (χ1n) is 6.74. The van der Waals surface area contributed by atoms with E-state index in [-0.39, 0.29) is 5.91 Å². The molecule has 0 atom stereocenters. The molecule has 0 spiro atoms. The van der Waals surface area contributed by atoms with Crippen LogP contribution in [0.15, 0.2) is 65.5 Å². The summed E-state index contributed by atoms with van der Waals surface area (Å²) in [6.45, 7) is 0.367. The van der Waals surface area contributed by atoms with Gasteiger partial charge in [-0.3, -0.25) is 9.78 Å². The molecule has 1 aromatic carbocycles. The van der Waals surface area contributed by atoms with Gasteiger partial charge in [0.05, 0.1) is 16.8 Å². The van der Waals surface area contributed by atoms with Crippen LogP contribution in [0.3, 0.4) is 0 Å². The van der Waals surface area contributed by atoms with Crippen LogP contribution in [0.2, 0.25) is 5.02 Å². The van der Waals surface area contributed by atoms with Crippen molar-refractivity contribution in [2.24, 2.45) is 0 Å². The second-order valence-corrected chi connectivity index (χ2v) is 5.13. The third-order valence-electron chi connectivity index (χ3n) is 3.17. The molecule has 2 aromatic heterocycles. The summed E-state index contributed by atoms with van der Waals surface area (Å²) in [5, 5.41) is 3.27. The lowest BCUT2D eigenvalue weighted by Crippen LogP contribution is -2.23. The van der Waals surface area contributed by atoms with E-state index < -0.39 is 0 Å². The number of carbonyl (C=O) groups excluding carboxylic acids is 1. The number of furan rings is 1. The lowest BCUT2D eigenvalue weighted by atomic mass is 10.1. The number of nitrogens with one attached hydrogen (secondary N) is 1. The van der Waals surface area contributed by atoms with Crippen LogP contribution in [-0.4, -0.2) is 10.9 Å². The molecule has 2 heterocycles. The Bertz CT molecular complexity index is 785. The Morgan fingerprint density at radius 1 is 1.18 bits per heavy atom. The van der Waals surface area contributed by atoms with Crippen molar-refractivity contribution < 1.29 is 9.21 Å². The summed E-state index contributed by atoms with van der Waals surface area (Å²) >= 11 is 6.01. The number of halogens is 1. The van der Waals surface area contributed by atoms with Crippen molar-refractivity contribution in [1.82, 2.24) is 10.3 Å². The van der Waals surface area contributed by atoms with E-state index in [2.05, 4.69) is 10.3 Å². The Balaban J connectivity index is 1.71. The summed E-state index contributed by atoms with van der Waals surface area (Å²) in [5.41, 5.74) is 2.21. The molecule has 1 N–H and O–H groups in total. The van der Waals surface area contributed by atoms with Crippen LogP contribution >= 0.6 is 11.6 Å². The highest BCUT2D eigenvalue weighted by Gasteiger charge is 2.09. The molecule has 0 aliphatic carbocycles. The van der Waals surface area contributed by atoms with Gasteiger partial charge in [0.15, 0.2) is 0 Å². The molecule has 0 aliphatic heterocycles. The topological polar surface area (TPSA) is 55.1 Å². The molecule has 3 rings (SSSR count). The first kappa shape index (κ1) is 14.4. The summed E-state index contributed by atoms with van der Waals surface area (Å²) in [4.78, 5) is 16.3. The first-order valence-corrected chi connectivity index (χ1v) is 7.12. The number of amides is 1. The molecule has 1 amide bonds. The van der Waals surface area contributed by atoms with Crippen molar-refractivity contribution in [1.29, 1.82) is 0 Å². The zero-order valence-electron chi connectivity index (χ0n) is 11.6. The van der Waals surface area contributed by atoms with Crippen LogP contribution in [0.1, 0.15) is 15.9 Å². The monoisotopic (exact) mass is 312 g/mol. The van der Waals surface area contributed by atoms with E-state index >= 15 is 0 Å². The van der Waals surface area contributed by atoms with Gasteiger partial charge in [-0.1, -0.05) is 23.7 Å². The number of nitrogens with zero attached hydrogens (tertiary/aromatic N) is 1. The average molecular weight is 313 g/mol. The minimum Gasteiger partial charge on any atom is -0.464 e. The van der Waals surface area contributed by atoms with Gasteiger partial charge in [0.2, 0.25) is 0 Å². The Morgan fingerprint density at radius 2 is 2.05 bits per heavy atom. The fraction of sp³-hybridized carbons (Fsp3) is 0.0588. The average Bonchev–Trinajstić information content (AvgIpc) is 3.08. The molecule has 22 heavy (non-hydrogen) atoms. The minimum atomic E-state index is -0.214. The summed E-state index contributed by atoms with van der Waals surface area (Å²) < 4.78 is 5.34. The zero-order valence-corrected chi connectivity index (χ0v) is 12.4. The minimum absolute atomic E-state index is 0.214. The third kappa shape index (κ3) is 3.18. The second kappa shape index (κ2) is 6.45. The van der Waals surface area contributed by atoms with E-state index in [0.717, 1.165) is 16.9 Å². The van der Waals surface area contributed by atoms with Crippen LogP contribution in [0.4, 0.5) is 0 Å². The van der Waals surface area contributed by atoms with Crippen LogP contribution in [0.25, 0.3) is 11.3 Å². The number of hydrogen-bond acceptors (Lipinski definition) is 3. The van der Waals surface area contributed by atoms with E-state index in [9.17, 15) is 4.79 Å². The number of aromatic nitrogens is 1. The highest BCUT2D eigenvalue weighted by Crippen LogP contribution is 2.20. The molecule has 0 aliphatic rings. The van der Waals surface area contributed by atoms with E-state index in [1.807, 2.05) is 18.2 Å². The normalized spacial score (nSPS) is 10.4. The van der Waals surface area contributed by atoms with E-state index in [0.29, 0.717) is 17.1 Å². The maximum atomic E-state index is 12.1. The standard InChI is InChI=1S/C17H13ClN2O2/c18-15-5-2-1-4-14(15)17(21)20-10-12-8-13(11-19-9-12)16-6-3-7-22-16/h1-9,11H,10H2,(H,20,21). The Morgan fingerprint density at radius 3 is 2.82 bits per heavy atom. The third-order valence-corrected chi connectivity index (χ3v) is 3.50. The highest BCUT2D eigenvalue weighted by atomic mass is 35.5. The van der Waals surface area contributed by atoms with Crippen molar-refractivity contribution in [2.45, 2.75) is 6.54 Å². The summed E-state index contributed by atoms with van der Waals surface area (Å²) in [5.74, 6) is 0.529. The number of benzene rings is 1. The van der Waals surface area contributed by atoms with Gasteiger partial charge < -0.3 is 9.73 Å². The van der Waals surface area contributed by atoms with Gasteiger partial charge in [0.25, 0.3) is 5.91 Å². The molecular formula is C17H13ClN2O2. The molecule has 0 bridgehead atoms. The quantitative estimate of drug-likeness (QED) is 0.794. The van der Waals surface area contributed by atoms with Crippen LogP contribution < -0.4 is 5.32 Å². The summed E-state index contributed by atoms with van der Waals surface area (Å²) in [7, 11) is 0. The fourth-order valence-electron chi connectivity index (χ4n) is 2.08. The van der Waals surface area contributed by atoms with Crippen molar-refractivity contribution in [3.05, 3.63) is 77.3 Å². The molecular weight excluding hydrogens is 300 g/mol. The Labute approximate surface area is 132 Å². The van der Waals surface area contributed by atoms with Gasteiger partial charge in [-0.25, -0.2) is 0 Å². The predicted octanol–water partition coefficient (Wildman–Crippen LogP) is 3.93. The van der Waals surface area contributed by atoms with E-state index in [1.165, 1.54) is 0 Å². The predicted molar refractivity (Wildman–Crippen MR) is 84.6 cm³/mol. The van der Waals surface area contributed by atoms with Crippen molar-refractivity contribution in [2.75, 3.05) is 0 Å². The van der Waals surface area contributed by atoms with Gasteiger partial charge in [0, 0.05) is 24.5 Å². The number of pyridine rings is 1. The Hall–Kier alpha value is -2.59. The van der Waals surface area contributed by atoms with Crippen LogP contribution in [0, 0.1) is 0 Å². The number of carbonyl (C=O) groups is 1. The number of rotatable bonds is 4. The molecule has 0 fully saturated rings. The highest BCUT2D eigenvalue weighted by molar-refractivity contribution is 6.33. The summed E-state index contributed by atoms with van der Waals surface area (Å²) in [6, 6.07) is 12.6. The molecule has 0 radical (unpaired) electrons. The fourth-order valence-corrected chi connectivity index (χ4v) is 2.31. The maximum Gasteiger partial charge on any atom is 0.253 e. The summed E-state index contributed by atoms with van der Waals surface area (Å²) in [6.07, 6.45) is 5.04. The molecule has 110 valence electrons. The molecule has 0 saturated carbocycles. The molecule has 0 saturated heterocycles. The molecule has 5 heteroatoms. The molecule has 0 unspecified atom stereocenters. The first-order chi connectivity index (χ1) is 10.7. The van der Waals surface area contributed by atoms with Crippen LogP contribution in [-0.2, 0) is 6.54 Å². The largest absolute Gasteiger partial charge is 0.464 e. The second-order valence-electron chi connectivity index (χ2n) is 4.72. The smallest absolute Gasteiger partial charge is 0.253 e. The lowest BCUT2D eigenvalue weighted by Gasteiger charge is -2.07. The van der Waals surface area contributed by atoms with Gasteiger partial charge in [0.1, 0.15) is 5.76 Å². The van der Waals surface area contributed by atoms with Gasteiger partial charge in [-0.15, -0.1) is 0 Å². The number of hydrogen-bond donors (Lipinski definition) is 1. The van der Waals surface area contributed by atoms with Gasteiger partial charge >= 0.3 is 0 Å².